The van der Waals surface area contributed by atoms with E-state index in [1.165, 1.54) is 18.4 Å². The summed E-state index contributed by atoms with van der Waals surface area (Å²) < 4.78 is 18.3. The number of amides is 1. The first kappa shape index (κ1) is 29.5. The van der Waals surface area contributed by atoms with Gasteiger partial charge in [-0.05, 0) is 62.2 Å². The van der Waals surface area contributed by atoms with E-state index in [4.69, 9.17) is 14.2 Å². The van der Waals surface area contributed by atoms with Gasteiger partial charge in [0.2, 0.25) is 0 Å². The molecule has 0 unspecified atom stereocenters. The number of carbonyl (C=O) groups excluding carboxylic acids is 2. The van der Waals surface area contributed by atoms with Crippen LogP contribution in [0.2, 0.25) is 0 Å². The van der Waals surface area contributed by atoms with Gasteiger partial charge in [-0.3, -0.25) is 14.2 Å². The van der Waals surface area contributed by atoms with E-state index in [2.05, 4.69) is 10.3 Å². The zero-order valence-corrected chi connectivity index (χ0v) is 25.1. The second-order valence-corrected chi connectivity index (χ2v) is 10.8. The Morgan fingerprint density at radius 2 is 1.74 bits per heavy atom. The number of nitrogens with zero attached hydrogens (tertiary/aromatic N) is 2. The normalized spacial score (nSPS) is 14.5. The molecule has 1 aliphatic heterocycles. The van der Waals surface area contributed by atoms with Crippen LogP contribution in [0.4, 0.5) is 5.69 Å². The van der Waals surface area contributed by atoms with Gasteiger partial charge in [-0.2, -0.15) is 0 Å². The SMILES string of the molecule is CCOC(=O)C1=C(C)N=c2s/c(=C/c3ccc(OCC(=O)Nc4ccccc4OC)cc3)c(=O)n2[C@H]1c1ccc(C)cc1. The smallest absolute Gasteiger partial charge is 0.338 e. The third kappa shape index (κ3) is 6.44. The third-order valence-electron chi connectivity index (χ3n) is 6.84. The van der Waals surface area contributed by atoms with Gasteiger partial charge in [0.25, 0.3) is 11.5 Å². The molecular weight excluding hydrogens is 566 g/mol. The van der Waals surface area contributed by atoms with Crippen molar-refractivity contribution in [1.29, 1.82) is 0 Å². The van der Waals surface area contributed by atoms with Crippen molar-refractivity contribution in [3.05, 3.63) is 120 Å². The molecule has 2 heterocycles. The van der Waals surface area contributed by atoms with Crippen molar-refractivity contribution in [1.82, 2.24) is 4.57 Å². The number of nitrogens with one attached hydrogen (secondary N) is 1. The van der Waals surface area contributed by atoms with Gasteiger partial charge in [0.15, 0.2) is 11.4 Å². The lowest BCUT2D eigenvalue weighted by molar-refractivity contribution is -0.139. The standard InChI is InChI=1S/C33H31N3O6S/c1-5-41-32(39)29-21(3)34-33-36(30(29)23-14-10-20(2)11-15-23)31(38)27(43-33)18-22-12-16-24(17-13-22)42-19-28(37)35-25-8-6-7-9-26(25)40-4/h6-18,30H,5,19H2,1-4H3,(H,35,37)/b27-18+/t30-/m0/s1. The number of allylic oxidation sites excluding steroid dienone is 1. The Kier molecular flexibility index (Phi) is 8.87. The quantitative estimate of drug-likeness (QED) is 0.291. The number of hydrogen-bond acceptors (Lipinski definition) is 8. The molecule has 4 aromatic rings. The monoisotopic (exact) mass is 597 g/mol. The van der Waals surface area contributed by atoms with Gasteiger partial charge in [-0.15, -0.1) is 0 Å². The molecule has 1 aliphatic rings. The summed E-state index contributed by atoms with van der Waals surface area (Å²) >= 11 is 1.26. The molecule has 1 atom stereocenters. The Bertz CT molecular complexity index is 1870. The van der Waals surface area contributed by atoms with Crippen LogP contribution in [0.25, 0.3) is 6.08 Å². The summed E-state index contributed by atoms with van der Waals surface area (Å²) in [5.74, 6) is 0.247. The van der Waals surface area contributed by atoms with Gasteiger partial charge in [0, 0.05) is 0 Å². The van der Waals surface area contributed by atoms with Crippen molar-refractivity contribution in [2.45, 2.75) is 26.8 Å². The number of ether oxygens (including phenoxy) is 3. The van der Waals surface area contributed by atoms with Crippen molar-refractivity contribution in [2.24, 2.45) is 4.99 Å². The molecule has 220 valence electrons. The van der Waals surface area contributed by atoms with Crippen molar-refractivity contribution >= 4 is 35.0 Å². The molecule has 0 fully saturated rings. The van der Waals surface area contributed by atoms with Crippen LogP contribution in [0, 0.1) is 6.92 Å². The van der Waals surface area contributed by atoms with E-state index in [0.29, 0.717) is 37.8 Å². The lowest BCUT2D eigenvalue weighted by Gasteiger charge is -2.24. The fourth-order valence-electron chi connectivity index (χ4n) is 4.75. The molecule has 0 radical (unpaired) electrons. The van der Waals surface area contributed by atoms with Crippen molar-refractivity contribution in [2.75, 3.05) is 25.6 Å². The first-order chi connectivity index (χ1) is 20.8. The van der Waals surface area contributed by atoms with Crippen LogP contribution < -0.4 is 29.7 Å². The molecule has 10 heteroatoms. The van der Waals surface area contributed by atoms with Crippen LogP contribution in [0.15, 0.2) is 93.9 Å². The lowest BCUT2D eigenvalue weighted by Crippen LogP contribution is -2.39. The number of fused-ring (bicyclic) bond motifs is 1. The molecule has 0 saturated heterocycles. The van der Waals surface area contributed by atoms with Crippen LogP contribution in [0.1, 0.15) is 36.6 Å². The minimum Gasteiger partial charge on any atom is -0.495 e. The predicted octanol–water partition coefficient (Wildman–Crippen LogP) is 4.13. The summed E-state index contributed by atoms with van der Waals surface area (Å²) in [7, 11) is 1.54. The van der Waals surface area contributed by atoms with Crippen molar-refractivity contribution in [3.8, 4) is 11.5 Å². The number of anilines is 1. The molecule has 43 heavy (non-hydrogen) atoms. The fourth-order valence-corrected chi connectivity index (χ4v) is 5.80. The number of methoxy groups -OCH3 is 1. The Hall–Kier alpha value is -4.96. The van der Waals surface area contributed by atoms with E-state index in [1.807, 2.05) is 37.3 Å². The highest BCUT2D eigenvalue weighted by Gasteiger charge is 2.33. The van der Waals surface area contributed by atoms with E-state index in [-0.39, 0.29) is 24.7 Å². The number of aryl methyl sites for hydroxylation is 1. The summed E-state index contributed by atoms with van der Waals surface area (Å²) in [6.45, 7) is 5.52. The predicted molar refractivity (Wildman–Crippen MR) is 165 cm³/mol. The summed E-state index contributed by atoms with van der Waals surface area (Å²) in [5.41, 5.74) is 3.81. The third-order valence-corrected chi connectivity index (χ3v) is 7.82. The summed E-state index contributed by atoms with van der Waals surface area (Å²) in [5, 5.41) is 2.77. The molecule has 0 aliphatic carbocycles. The van der Waals surface area contributed by atoms with Gasteiger partial charge in [0.1, 0.15) is 11.5 Å². The molecule has 9 nitrogen and oxygen atoms in total. The van der Waals surface area contributed by atoms with Gasteiger partial charge in [-0.1, -0.05) is 65.4 Å². The van der Waals surface area contributed by atoms with Crippen LogP contribution in [0.5, 0.6) is 11.5 Å². The van der Waals surface area contributed by atoms with Crippen LogP contribution in [-0.2, 0) is 14.3 Å². The average Bonchev–Trinajstić information content (AvgIpc) is 3.30. The Morgan fingerprint density at radius 3 is 2.44 bits per heavy atom. The number of thiazole rings is 1. The van der Waals surface area contributed by atoms with Crippen molar-refractivity contribution < 1.29 is 23.8 Å². The highest BCUT2D eigenvalue weighted by Crippen LogP contribution is 2.31. The van der Waals surface area contributed by atoms with Crippen LogP contribution in [-0.4, -0.2) is 36.8 Å². The number of para-hydroxylation sites is 2. The Labute approximate surface area is 252 Å². The molecule has 1 aromatic heterocycles. The second-order valence-electron chi connectivity index (χ2n) is 9.82. The zero-order chi connectivity index (χ0) is 30.5. The molecular formula is C33H31N3O6S. The summed E-state index contributed by atoms with van der Waals surface area (Å²) in [6.07, 6.45) is 1.78. The first-order valence-corrected chi connectivity index (χ1v) is 14.5. The lowest BCUT2D eigenvalue weighted by atomic mass is 9.95. The van der Waals surface area contributed by atoms with Gasteiger partial charge in [-0.25, -0.2) is 9.79 Å². The van der Waals surface area contributed by atoms with E-state index in [0.717, 1.165) is 16.7 Å². The molecule has 0 saturated carbocycles. The number of benzene rings is 3. The number of carbonyl (C=O) groups is 2. The van der Waals surface area contributed by atoms with Gasteiger partial charge >= 0.3 is 5.97 Å². The molecule has 1 N–H and O–H groups in total. The summed E-state index contributed by atoms with van der Waals surface area (Å²) in [4.78, 5) is 44.3. The van der Waals surface area contributed by atoms with Gasteiger partial charge in [0.05, 0.1) is 41.2 Å². The maximum absolute atomic E-state index is 13.8. The fraction of sp³-hybridized carbons (Fsp3) is 0.212. The molecule has 1 amide bonds. The molecule has 0 bridgehead atoms. The molecule has 3 aromatic carbocycles. The Balaban J connectivity index is 1.39. The zero-order valence-electron chi connectivity index (χ0n) is 24.2. The number of esters is 1. The highest BCUT2D eigenvalue weighted by molar-refractivity contribution is 7.07. The van der Waals surface area contributed by atoms with E-state index in [9.17, 15) is 14.4 Å². The number of hydrogen-bond donors (Lipinski definition) is 1. The second kappa shape index (κ2) is 12.9. The highest BCUT2D eigenvalue weighted by atomic mass is 32.1. The molecule has 0 spiro atoms. The number of rotatable bonds is 9. The average molecular weight is 598 g/mol. The van der Waals surface area contributed by atoms with E-state index >= 15 is 0 Å². The maximum Gasteiger partial charge on any atom is 0.338 e. The topological polar surface area (TPSA) is 108 Å². The van der Waals surface area contributed by atoms with Crippen LogP contribution >= 0.6 is 11.3 Å². The molecule has 5 rings (SSSR count). The van der Waals surface area contributed by atoms with E-state index in [1.54, 1.807) is 67.0 Å². The largest absolute Gasteiger partial charge is 0.495 e. The summed E-state index contributed by atoms with van der Waals surface area (Å²) in [6, 6.07) is 21.3. The van der Waals surface area contributed by atoms with Crippen LogP contribution in [0.3, 0.4) is 0 Å². The number of aromatic nitrogens is 1. The minimum absolute atomic E-state index is 0.183. The Morgan fingerprint density at radius 1 is 1.02 bits per heavy atom. The minimum atomic E-state index is -0.657. The van der Waals surface area contributed by atoms with Gasteiger partial charge < -0.3 is 19.5 Å². The van der Waals surface area contributed by atoms with E-state index < -0.39 is 12.0 Å². The first-order valence-electron chi connectivity index (χ1n) is 13.7. The maximum atomic E-state index is 13.8. The van der Waals surface area contributed by atoms with Crippen molar-refractivity contribution in [3.63, 3.8) is 0 Å².